The van der Waals surface area contributed by atoms with Crippen molar-refractivity contribution in [1.82, 2.24) is 10.6 Å². The van der Waals surface area contributed by atoms with Crippen LogP contribution in [0.15, 0.2) is 35.3 Å². The zero-order valence-electron chi connectivity index (χ0n) is 15.2. The Labute approximate surface area is 140 Å². The lowest BCUT2D eigenvalue weighted by Crippen LogP contribution is -2.47. The Balaban J connectivity index is 2.39. The molecule has 0 aliphatic heterocycles. The summed E-state index contributed by atoms with van der Waals surface area (Å²) in [6, 6.07) is 9.82. The average molecular weight is 321 g/mol. The van der Waals surface area contributed by atoms with Gasteiger partial charge in [0, 0.05) is 20.7 Å². The van der Waals surface area contributed by atoms with Gasteiger partial charge in [0.2, 0.25) is 0 Å². The molecule has 0 aliphatic carbocycles. The summed E-state index contributed by atoms with van der Waals surface area (Å²) in [6.45, 7) is 9.88. The van der Waals surface area contributed by atoms with Crippen LogP contribution in [0.4, 0.5) is 0 Å². The van der Waals surface area contributed by atoms with Crippen LogP contribution in [-0.4, -0.2) is 45.4 Å². The Kier molecular flexibility index (Phi) is 7.89. The van der Waals surface area contributed by atoms with Crippen molar-refractivity contribution in [2.24, 2.45) is 10.4 Å². The summed E-state index contributed by atoms with van der Waals surface area (Å²) in [5, 5.41) is 6.58. The number of para-hydroxylation sites is 1. The number of nitrogens with one attached hydrogen (secondary N) is 2. The second-order valence-corrected chi connectivity index (χ2v) is 6.67. The maximum absolute atomic E-state index is 5.84. The molecule has 2 atom stereocenters. The highest BCUT2D eigenvalue weighted by atomic mass is 16.5. The van der Waals surface area contributed by atoms with Gasteiger partial charge in [-0.1, -0.05) is 39.0 Å². The molecule has 0 aromatic heterocycles. The van der Waals surface area contributed by atoms with Crippen LogP contribution in [0, 0.1) is 5.41 Å². The number of guanidine groups is 1. The predicted molar refractivity (Wildman–Crippen MR) is 96.1 cm³/mol. The highest BCUT2D eigenvalue weighted by Gasteiger charge is 2.24. The van der Waals surface area contributed by atoms with E-state index in [0.29, 0.717) is 13.1 Å². The lowest BCUT2D eigenvalue weighted by molar-refractivity contribution is 0.0205. The molecule has 2 unspecified atom stereocenters. The number of aliphatic imine (C=N–C) groups is 1. The maximum Gasteiger partial charge on any atom is 0.191 e. The van der Waals surface area contributed by atoms with Crippen LogP contribution >= 0.6 is 0 Å². The number of ether oxygens (including phenoxy) is 2. The van der Waals surface area contributed by atoms with Gasteiger partial charge >= 0.3 is 0 Å². The normalized spacial score (nSPS) is 15.0. The van der Waals surface area contributed by atoms with Crippen LogP contribution < -0.4 is 15.4 Å². The van der Waals surface area contributed by atoms with Gasteiger partial charge in [-0.2, -0.15) is 0 Å². The molecule has 1 aromatic carbocycles. The van der Waals surface area contributed by atoms with Crippen molar-refractivity contribution in [1.29, 1.82) is 0 Å². The van der Waals surface area contributed by atoms with Crippen LogP contribution in [0.5, 0.6) is 5.75 Å². The second kappa shape index (κ2) is 9.40. The van der Waals surface area contributed by atoms with Gasteiger partial charge < -0.3 is 20.1 Å². The number of nitrogens with zero attached hydrogens (tertiary/aromatic N) is 1. The van der Waals surface area contributed by atoms with Crippen molar-refractivity contribution in [3.63, 3.8) is 0 Å². The third-order valence-corrected chi connectivity index (χ3v) is 3.57. The van der Waals surface area contributed by atoms with E-state index in [1.165, 1.54) is 0 Å². The Morgan fingerprint density at radius 3 is 2.26 bits per heavy atom. The third kappa shape index (κ3) is 7.37. The molecule has 0 amide bonds. The van der Waals surface area contributed by atoms with Crippen LogP contribution in [0.1, 0.15) is 27.7 Å². The van der Waals surface area contributed by atoms with E-state index in [9.17, 15) is 0 Å². The summed E-state index contributed by atoms with van der Waals surface area (Å²) in [7, 11) is 3.50. The SMILES string of the molecule is CN=C(NCC(C)Oc1ccccc1)NCC(OC)C(C)(C)C. The van der Waals surface area contributed by atoms with Crippen molar-refractivity contribution >= 4 is 5.96 Å². The molecule has 0 aliphatic rings. The topological polar surface area (TPSA) is 54.9 Å². The van der Waals surface area contributed by atoms with Gasteiger partial charge in [0.05, 0.1) is 12.6 Å². The summed E-state index contributed by atoms with van der Waals surface area (Å²) in [5.74, 6) is 1.62. The van der Waals surface area contributed by atoms with E-state index in [2.05, 4.69) is 36.4 Å². The molecule has 0 spiro atoms. The molecule has 0 bridgehead atoms. The van der Waals surface area contributed by atoms with Crippen LogP contribution in [0.25, 0.3) is 0 Å². The molecule has 1 aromatic rings. The second-order valence-electron chi connectivity index (χ2n) is 6.67. The van der Waals surface area contributed by atoms with Crippen molar-refractivity contribution in [2.75, 3.05) is 27.2 Å². The first-order chi connectivity index (χ1) is 10.9. The first kappa shape index (κ1) is 19.3. The van der Waals surface area contributed by atoms with Crippen molar-refractivity contribution in [3.05, 3.63) is 30.3 Å². The predicted octanol–water partition coefficient (Wildman–Crippen LogP) is 2.68. The van der Waals surface area contributed by atoms with Crippen molar-refractivity contribution < 1.29 is 9.47 Å². The highest BCUT2D eigenvalue weighted by Crippen LogP contribution is 2.20. The summed E-state index contributed by atoms with van der Waals surface area (Å²) in [6.07, 6.45) is 0.149. The van der Waals surface area contributed by atoms with Crippen LogP contribution in [0.2, 0.25) is 0 Å². The van der Waals surface area contributed by atoms with Gasteiger partial charge in [-0.25, -0.2) is 0 Å². The largest absolute Gasteiger partial charge is 0.489 e. The third-order valence-electron chi connectivity index (χ3n) is 3.57. The number of hydrogen-bond donors (Lipinski definition) is 2. The van der Waals surface area contributed by atoms with Crippen molar-refractivity contribution in [2.45, 2.75) is 39.9 Å². The number of rotatable bonds is 7. The van der Waals surface area contributed by atoms with E-state index >= 15 is 0 Å². The highest BCUT2D eigenvalue weighted by molar-refractivity contribution is 5.79. The van der Waals surface area contributed by atoms with Gasteiger partial charge in [0.25, 0.3) is 0 Å². The summed E-state index contributed by atoms with van der Waals surface area (Å²) < 4.78 is 11.4. The molecule has 23 heavy (non-hydrogen) atoms. The van der Waals surface area contributed by atoms with E-state index in [1.54, 1.807) is 14.2 Å². The molecule has 0 saturated heterocycles. The standard InChI is InChI=1S/C18H31N3O2/c1-14(23-15-10-8-7-9-11-15)12-20-17(19-5)21-13-16(22-6)18(2,3)4/h7-11,14,16H,12-13H2,1-6H3,(H2,19,20,21). The number of methoxy groups -OCH3 is 1. The average Bonchev–Trinajstić information content (AvgIpc) is 2.50. The fraction of sp³-hybridized carbons (Fsp3) is 0.611. The number of benzene rings is 1. The lowest BCUT2D eigenvalue weighted by Gasteiger charge is -2.30. The summed E-state index contributed by atoms with van der Waals surface area (Å²) >= 11 is 0. The van der Waals surface area contributed by atoms with Gasteiger partial charge in [0.1, 0.15) is 11.9 Å². The minimum atomic E-state index is 0.0387. The van der Waals surface area contributed by atoms with E-state index < -0.39 is 0 Å². The molecular weight excluding hydrogens is 290 g/mol. The molecule has 0 fully saturated rings. The molecule has 5 nitrogen and oxygen atoms in total. The first-order valence-electron chi connectivity index (χ1n) is 8.05. The molecule has 0 heterocycles. The maximum atomic E-state index is 5.84. The lowest BCUT2D eigenvalue weighted by atomic mass is 9.89. The Morgan fingerprint density at radius 2 is 1.74 bits per heavy atom. The van der Waals surface area contributed by atoms with E-state index in [0.717, 1.165) is 11.7 Å². The molecule has 5 heteroatoms. The zero-order valence-corrected chi connectivity index (χ0v) is 15.2. The van der Waals surface area contributed by atoms with Crippen LogP contribution in [0.3, 0.4) is 0 Å². The fourth-order valence-electron chi connectivity index (χ4n) is 2.17. The molecule has 1 rings (SSSR count). The van der Waals surface area contributed by atoms with Crippen LogP contribution in [-0.2, 0) is 4.74 Å². The summed E-state index contributed by atoms with van der Waals surface area (Å²) in [4.78, 5) is 4.24. The minimum absolute atomic E-state index is 0.0387. The zero-order chi connectivity index (χ0) is 17.3. The Morgan fingerprint density at radius 1 is 1.13 bits per heavy atom. The van der Waals surface area contributed by atoms with Gasteiger partial charge in [-0.05, 0) is 24.5 Å². The van der Waals surface area contributed by atoms with Gasteiger partial charge in [-0.15, -0.1) is 0 Å². The number of hydrogen-bond acceptors (Lipinski definition) is 3. The Bertz CT molecular complexity index is 469. The molecule has 130 valence electrons. The van der Waals surface area contributed by atoms with Gasteiger partial charge in [0.15, 0.2) is 5.96 Å². The van der Waals surface area contributed by atoms with E-state index in [4.69, 9.17) is 9.47 Å². The minimum Gasteiger partial charge on any atom is -0.489 e. The van der Waals surface area contributed by atoms with E-state index in [-0.39, 0.29) is 17.6 Å². The van der Waals surface area contributed by atoms with Crippen molar-refractivity contribution in [3.8, 4) is 5.75 Å². The smallest absolute Gasteiger partial charge is 0.191 e. The summed E-state index contributed by atoms with van der Waals surface area (Å²) in [5.41, 5.74) is 0.0737. The molecular formula is C18H31N3O2. The fourth-order valence-corrected chi connectivity index (χ4v) is 2.17. The molecule has 2 N–H and O–H groups in total. The monoisotopic (exact) mass is 321 g/mol. The quantitative estimate of drug-likeness (QED) is 0.599. The first-order valence-corrected chi connectivity index (χ1v) is 8.05. The molecule has 0 saturated carbocycles. The van der Waals surface area contributed by atoms with E-state index in [1.807, 2.05) is 37.3 Å². The molecule has 0 radical (unpaired) electrons. The Hall–Kier alpha value is -1.75. The van der Waals surface area contributed by atoms with Gasteiger partial charge in [-0.3, -0.25) is 4.99 Å².